The van der Waals surface area contributed by atoms with Gasteiger partial charge in [-0.3, -0.25) is 0 Å². The number of anilines is 5. The predicted molar refractivity (Wildman–Crippen MR) is 184 cm³/mol. The first-order chi connectivity index (χ1) is 22.7. The van der Waals surface area contributed by atoms with Gasteiger partial charge in [-0.15, -0.1) is 0 Å². The maximum atomic E-state index is 14.4. The largest absolute Gasteiger partial charge is 0.416 e. The van der Waals surface area contributed by atoms with Gasteiger partial charge < -0.3 is 9.80 Å². The van der Waals surface area contributed by atoms with E-state index >= 15 is 0 Å². The highest BCUT2D eigenvalue weighted by Crippen LogP contribution is 2.63. The van der Waals surface area contributed by atoms with E-state index in [4.69, 9.17) is 0 Å². The second-order valence-corrected chi connectivity index (χ2v) is 12.6. The number of hydrogen-bond acceptors (Lipinski definition) is 2. The van der Waals surface area contributed by atoms with E-state index in [1.807, 2.05) is 24.3 Å². The third-order valence-corrected chi connectivity index (χ3v) is 10.0. The Morgan fingerprint density at radius 1 is 0.489 bits per heavy atom. The molecule has 1 spiro atoms. The lowest BCUT2D eigenvalue weighted by atomic mass is 9.60. The highest BCUT2D eigenvalue weighted by atomic mass is 19.4. The van der Waals surface area contributed by atoms with E-state index in [2.05, 4.69) is 115 Å². The average Bonchev–Trinajstić information content (AvgIpc) is 3.07. The number of para-hydroxylation sites is 5. The van der Waals surface area contributed by atoms with Crippen LogP contribution in [0.2, 0.25) is 0 Å². The van der Waals surface area contributed by atoms with Gasteiger partial charge in [0.25, 0.3) is 0 Å². The minimum Gasteiger partial charge on any atom is -0.336 e. The van der Waals surface area contributed by atoms with Crippen molar-refractivity contribution in [2.75, 3.05) is 9.80 Å². The van der Waals surface area contributed by atoms with Crippen molar-refractivity contribution >= 4 is 28.4 Å². The van der Waals surface area contributed by atoms with Crippen LogP contribution in [0.5, 0.6) is 0 Å². The van der Waals surface area contributed by atoms with Gasteiger partial charge in [0.2, 0.25) is 0 Å². The number of hydrogen-bond donors (Lipinski definition) is 0. The molecule has 6 aromatic rings. The molecule has 5 heteroatoms. The molecule has 2 heterocycles. The highest BCUT2D eigenvalue weighted by Gasteiger charge is 2.52. The molecule has 2 nitrogen and oxygen atoms in total. The highest BCUT2D eigenvalue weighted by molar-refractivity contribution is 5.95. The molecule has 0 saturated heterocycles. The molecule has 2 aliphatic rings. The molecule has 0 amide bonds. The van der Waals surface area contributed by atoms with E-state index < -0.39 is 17.2 Å². The molecule has 0 bridgehead atoms. The van der Waals surface area contributed by atoms with Crippen molar-refractivity contribution < 1.29 is 13.2 Å². The number of aryl methyl sites for hydroxylation is 3. The first-order valence-electron chi connectivity index (χ1n) is 15.9. The number of fused-ring (bicyclic) bond motifs is 8. The van der Waals surface area contributed by atoms with Gasteiger partial charge in [0.15, 0.2) is 0 Å². The third kappa shape index (κ3) is 4.19. The standard InChI is InChI=1S/C42H33F3N2/c1-27-15-12-20-31(42(43,44)45)30(27)26-46-37-23-9-5-17-32(37)41(33-18-6-10-24-38(33)46)34-19-7-11-25-39(34)47(36-22-8-4-14-28(36)2)40-29(3)16-13-21-35(40)41/h4-25H,26H2,1-3H3. The second kappa shape index (κ2) is 10.6. The SMILES string of the molecule is Cc1ccccc1N1c2ccccc2C2(c3ccccc3N(Cc3c(C)cccc3C(F)(F)F)c3ccccc32)c2cccc(C)c21. The van der Waals surface area contributed by atoms with Gasteiger partial charge in [0.05, 0.1) is 22.4 Å². The summed E-state index contributed by atoms with van der Waals surface area (Å²) in [6.07, 6.45) is -4.46. The number of halogens is 3. The van der Waals surface area contributed by atoms with E-state index in [9.17, 15) is 13.2 Å². The topological polar surface area (TPSA) is 6.48 Å². The van der Waals surface area contributed by atoms with Crippen molar-refractivity contribution in [2.45, 2.75) is 38.9 Å². The normalized spacial score (nSPS) is 14.3. The first kappa shape index (κ1) is 29.1. The molecule has 0 unspecified atom stereocenters. The van der Waals surface area contributed by atoms with E-state index in [-0.39, 0.29) is 12.1 Å². The smallest absolute Gasteiger partial charge is 0.336 e. The fraction of sp³-hybridized carbons (Fsp3) is 0.143. The van der Waals surface area contributed by atoms with Crippen LogP contribution in [0.25, 0.3) is 0 Å². The molecule has 47 heavy (non-hydrogen) atoms. The molecular formula is C42H33F3N2. The van der Waals surface area contributed by atoms with Crippen molar-refractivity contribution in [1.82, 2.24) is 0 Å². The predicted octanol–water partition coefficient (Wildman–Crippen LogP) is 11.4. The Balaban J connectivity index is 1.46. The van der Waals surface area contributed by atoms with Crippen LogP contribution in [-0.4, -0.2) is 0 Å². The summed E-state index contributed by atoms with van der Waals surface area (Å²) in [5, 5.41) is 0. The minimum atomic E-state index is -4.46. The lowest BCUT2D eigenvalue weighted by Crippen LogP contribution is -2.43. The van der Waals surface area contributed by atoms with Crippen LogP contribution in [0.1, 0.15) is 50.1 Å². The van der Waals surface area contributed by atoms with Crippen molar-refractivity contribution in [2.24, 2.45) is 0 Å². The molecule has 0 aromatic heterocycles. The number of rotatable bonds is 3. The monoisotopic (exact) mass is 622 g/mol. The first-order valence-corrected chi connectivity index (χ1v) is 15.9. The summed E-state index contributed by atoms with van der Waals surface area (Å²) in [5.41, 5.74) is 11.4. The van der Waals surface area contributed by atoms with E-state index in [0.29, 0.717) is 5.56 Å². The van der Waals surface area contributed by atoms with Crippen molar-refractivity contribution in [3.05, 3.63) is 184 Å². The number of benzene rings is 6. The van der Waals surface area contributed by atoms with Gasteiger partial charge in [0.1, 0.15) is 0 Å². The van der Waals surface area contributed by atoms with Crippen LogP contribution in [0, 0.1) is 20.8 Å². The molecule has 8 rings (SSSR count). The van der Waals surface area contributed by atoms with E-state index in [0.717, 1.165) is 56.3 Å². The average molecular weight is 623 g/mol. The van der Waals surface area contributed by atoms with Crippen LogP contribution in [-0.2, 0) is 18.1 Å². The lowest BCUT2D eigenvalue weighted by Gasteiger charge is -2.52. The summed E-state index contributed by atoms with van der Waals surface area (Å²) in [7, 11) is 0. The molecular weight excluding hydrogens is 589 g/mol. The molecule has 0 radical (unpaired) electrons. The van der Waals surface area contributed by atoms with E-state index in [1.165, 1.54) is 17.7 Å². The summed E-state index contributed by atoms with van der Waals surface area (Å²) in [4.78, 5) is 4.47. The van der Waals surface area contributed by atoms with Gasteiger partial charge in [-0.2, -0.15) is 13.2 Å². The fourth-order valence-corrected chi connectivity index (χ4v) is 7.99. The van der Waals surface area contributed by atoms with Crippen LogP contribution >= 0.6 is 0 Å². The summed E-state index contributed by atoms with van der Waals surface area (Å²) in [5.74, 6) is 0. The second-order valence-electron chi connectivity index (χ2n) is 12.6. The Labute approximate surface area is 273 Å². The summed E-state index contributed by atoms with van der Waals surface area (Å²) >= 11 is 0. The zero-order chi connectivity index (χ0) is 32.5. The zero-order valence-electron chi connectivity index (χ0n) is 26.4. The van der Waals surface area contributed by atoms with Crippen molar-refractivity contribution in [1.29, 1.82) is 0 Å². The third-order valence-electron chi connectivity index (χ3n) is 10.0. The zero-order valence-corrected chi connectivity index (χ0v) is 26.4. The van der Waals surface area contributed by atoms with Crippen molar-refractivity contribution in [3.8, 4) is 0 Å². The molecule has 0 atom stereocenters. The Morgan fingerprint density at radius 2 is 0.957 bits per heavy atom. The van der Waals surface area contributed by atoms with Gasteiger partial charge in [-0.1, -0.05) is 103 Å². The molecule has 0 aliphatic carbocycles. The molecule has 2 aliphatic heterocycles. The van der Waals surface area contributed by atoms with Gasteiger partial charge in [-0.05, 0) is 95.6 Å². The fourth-order valence-electron chi connectivity index (χ4n) is 7.99. The molecule has 232 valence electrons. The molecule has 0 N–H and O–H groups in total. The quantitative estimate of drug-likeness (QED) is 0.193. The van der Waals surface area contributed by atoms with Crippen molar-refractivity contribution in [3.63, 3.8) is 0 Å². The molecule has 0 saturated carbocycles. The van der Waals surface area contributed by atoms with Crippen LogP contribution < -0.4 is 9.80 Å². The Hall–Kier alpha value is -5.29. The Bertz CT molecular complexity index is 2130. The maximum Gasteiger partial charge on any atom is 0.416 e. The van der Waals surface area contributed by atoms with Crippen LogP contribution in [0.3, 0.4) is 0 Å². The number of nitrogens with zero attached hydrogens (tertiary/aromatic N) is 2. The summed E-state index contributed by atoms with van der Waals surface area (Å²) in [6.45, 7) is 6.16. The van der Waals surface area contributed by atoms with Crippen LogP contribution in [0.15, 0.2) is 133 Å². The maximum absolute atomic E-state index is 14.4. The Kier molecular flexibility index (Phi) is 6.59. The van der Waals surface area contributed by atoms with Crippen LogP contribution in [0.4, 0.5) is 41.6 Å². The van der Waals surface area contributed by atoms with E-state index in [1.54, 1.807) is 13.0 Å². The minimum absolute atomic E-state index is 0.0866. The van der Waals surface area contributed by atoms with Gasteiger partial charge >= 0.3 is 6.18 Å². The molecule has 6 aromatic carbocycles. The van der Waals surface area contributed by atoms with Gasteiger partial charge in [-0.25, -0.2) is 0 Å². The molecule has 0 fully saturated rings. The summed E-state index contributed by atoms with van der Waals surface area (Å²) < 4.78 is 43.2. The number of alkyl halides is 3. The lowest BCUT2D eigenvalue weighted by molar-refractivity contribution is -0.138. The Morgan fingerprint density at radius 3 is 1.57 bits per heavy atom. The van der Waals surface area contributed by atoms with Gasteiger partial charge in [0, 0.05) is 23.6 Å². The summed E-state index contributed by atoms with van der Waals surface area (Å²) in [6, 6.07) is 44.5.